The lowest BCUT2D eigenvalue weighted by Gasteiger charge is -2.23. The van der Waals surface area contributed by atoms with Gasteiger partial charge in [0.15, 0.2) is 5.16 Å². The highest BCUT2D eigenvalue weighted by atomic mass is 32.2. The second-order valence-corrected chi connectivity index (χ2v) is 4.48. The Kier molecular flexibility index (Phi) is 5.04. The van der Waals surface area contributed by atoms with Crippen LogP contribution in [0.25, 0.3) is 0 Å². The largest absolute Gasteiger partial charge is 0.383 e. The van der Waals surface area contributed by atoms with Crippen LogP contribution in [0.15, 0.2) is 11.2 Å². The summed E-state index contributed by atoms with van der Waals surface area (Å²) < 4.78 is 0. The van der Waals surface area contributed by atoms with Crippen molar-refractivity contribution in [3.8, 4) is 6.07 Å². The van der Waals surface area contributed by atoms with Crippen LogP contribution in [0.1, 0.15) is 13.8 Å². The molecule has 1 atom stereocenters. The number of nitrogens with zero attached hydrogens (tertiary/aromatic N) is 4. The minimum Gasteiger partial charge on any atom is -0.383 e. The normalized spacial score (nSPS) is 11.9. The van der Waals surface area contributed by atoms with Gasteiger partial charge < -0.3 is 10.6 Å². The molecule has 0 aliphatic heterocycles. The van der Waals surface area contributed by atoms with Gasteiger partial charge in [0, 0.05) is 19.2 Å². The SMILES string of the molecule is CCN(CC(C)C#N)c1cc(N)nc(SC)n1. The number of anilines is 2. The van der Waals surface area contributed by atoms with Crippen molar-refractivity contribution >= 4 is 23.4 Å². The van der Waals surface area contributed by atoms with Crippen LogP contribution in [0.3, 0.4) is 0 Å². The van der Waals surface area contributed by atoms with Crippen LogP contribution in [0.4, 0.5) is 11.6 Å². The fourth-order valence-corrected chi connectivity index (χ4v) is 1.82. The highest BCUT2D eigenvalue weighted by molar-refractivity contribution is 7.98. The lowest BCUT2D eigenvalue weighted by atomic mass is 10.2. The van der Waals surface area contributed by atoms with E-state index in [-0.39, 0.29) is 5.92 Å². The van der Waals surface area contributed by atoms with Crippen molar-refractivity contribution in [1.29, 1.82) is 5.26 Å². The van der Waals surface area contributed by atoms with Crippen molar-refractivity contribution in [2.45, 2.75) is 19.0 Å². The monoisotopic (exact) mass is 251 g/mol. The number of nitriles is 1. The van der Waals surface area contributed by atoms with Gasteiger partial charge in [0.1, 0.15) is 11.6 Å². The van der Waals surface area contributed by atoms with Crippen molar-refractivity contribution in [2.75, 3.05) is 30.0 Å². The zero-order valence-electron chi connectivity index (χ0n) is 10.3. The molecular weight excluding hydrogens is 234 g/mol. The smallest absolute Gasteiger partial charge is 0.191 e. The molecule has 0 saturated heterocycles. The van der Waals surface area contributed by atoms with Gasteiger partial charge in [-0.1, -0.05) is 11.8 Å². The van der Waals surface area contributed by atoms with Gasteiger partial charge in [-0.25, -0.2) is 9.97 Å². The van der Waals surface area contributed by atoms with Gasteiger partial charge in [0.05, 0.1) is 12.0 Å². The Labute approximate surface area is 106 Å². The van der Waals surface area contributed by atoms with Crippen molar-refractivity contribution < 1.29 is 0 Å². The highest BCUT2D eigenvalue weighted by Crippen LogP contribution is 2.19. The van der Waals surface area contributed by atoms with Gasteiger partial charge in [0.2, 0.25) is 0 Å². The Bertz CT molecular complexity index is 415. The minimum absolute atomic E-state index is 0.0381. The Balaban J connectivity index is 2.95. The molecule has 1 rings (SSSR count). The lowest BCUT2D eigenvalue weighted by Crippen LogP contribution is -2.28. The van der Waals surface area contributed by atoms with E-state index in [1.165, 1.54) is 11.8 Å². The van der Waals surface area contributed by atoms with Crippen molar-refractivity contribution in [1.82, 2.24) is 9.97 Å². The first kappa shape index (κ1) is 13.6. The predicted molar refractivity (Wildman–Crippen MR) is 70.9 cm³/mol. The maximum absolute atomic E-state index is 8.84. The fraction of sp³-hybridized carbons (Fsp3) is 0.545. The molecule has 1 aromatic heterocycles. The first-order valence-electron chi connectivity index (χ1n) is 5.43. The summed E-state index contributed by atoms with van der Waals surface area (Å²) in [5.74, 6) is 1.21. The van der Waals surface area contributed by atoms with Crippen molar-refractivity contribution in [3.05, 3.63) is 6.07 Å². The van der Waals surface area contributed by atoms with Gasteiger partial charge in [-0.15, -0.1) is 0 Å². The molecule has 6 heteroatoms. The van der Waals surface area contributed by atoms with Gasteiger partial charge in [-0.05, 0) is 20.1 Å². The molecule has 0 fully saturated rings. The first-order chi connectivity index (χ1) is 8.10. The zero-order valence-corrected chi connectivity index (χ0v) is 11.2. The molecule has 0 saturated carbocycles. The summed E-state index contributed by atoms with van der Waals surface area (Å²) in [6, 6.07) is 3.96. The molecule has 5 nitrogen and oxygen atoms in total. The summed E-state index contributed by atoms with van der Waals surface area (Å²) in [4.78, 5) is 10.5. The van der Waals surface area contributed by atoms with Crippen molar-refractivity contribution in [3.63, 3.8) is 0 Å². The van der Waals surface area contributed by atoms with Gasteiger partial charge >= 0.3 is 0 Å². The van der Waals surface area contributed by atoms with E-state index in [0.29, 0.717) is 17.5 Å². The van der Waals surface area contributed by atoms with E-state index in [4.69, 9.17) is 11.0 Å². The van der Waals surface area contributed by atoms with E-state index in [9.17, 15) is 0 Å². The van der Waals surface area contributed by atoms with Crippen LogP contribution in [0, 0.1) is 17.2 Å². The standard InChI is InChI=1S/C11H17N5S/c1-4-16(7-8(2)6-12)10-5-9(13)14-11(15-10)17-3/h5,8H,4,7H2,1-3H3,(H2,13,14,15). The summed E-state index contributed by atoms with van der Waals surface area (Å²) >= 11 is 1.46. The molecule has 17 heavy (non-hydrogen) atoms. The van der Waals surface area contributed by atoms with Crippen LogP contribution in [-0.4, -0.2) is 29.3 Å². The Hall–Kier alpha value is -1.48. The number of thioether (sulfide) groups is 1. The number of rotatable bonds is 5. The van der Waals surface area contributed by atoms with Crippen LogP contribution < -0.4 is 10.6 Å². The Morgan fingerprint density at radius 2 is 2.29 bits per heavy atom. The summed E-state index contributed by atoms with van der Waals surface area (Å²) in [6.07, 6.45) is 1.91. The van der Waals surface area contributed by atoms with Crippen molar-refractivity contribution in [2.24, 2.45) is 5.92 Å². The maximum Gasteiger partial charge on any atom is 0.191 e. The molecule has 0 bridgehead atoms. The summed E-state index contributed by atoms with van der Waals surface area (Å²) in [5.41, 5.74) is 5.73. The molecule has 0 spiro atoms. The Morgan fingerprint density at radius 3 is 2.82 bits per heavy atom. The molecule has 1 aromatic rings. The minimum atomic E-state index is -0.0381. The number of nitrogen functional groups attached to an aromatic ring is 1. The van der Waals surface area contributed by atoms with Gasteiger partial charge in [-0.2, -0.15) is 5.26 Å². The molecular formula is C11H17N5S. The highest BCUT2D eigenvalue weighted by Gasteiger charge is 2.12. The average Bonchev–Trinajstić information content (AvgIpc) is 2.34. The molecule has 92 valence electrons. The van der Waals surface area contributed by atoms with E-state index in [0.717, 1.165) is 12.4 Å². The first-order valence-corrected chi connectivity index (χ1v) is 6.66. The van der Waals surface area contributed by atoms with Crippen LogP contribution >= 0.6 is 11.8 Å². The third-order valence-corrected chi connectivity index (χ3v) is 2.86. The van der Waals surface area contributed by atoms with Gasteiger partial charge in [-0.3, -0.25) is 0 Å². The number of hydrogen-bond acceptors (Lipinski definition) is 6. The van der Waals surface area contributed by atoms with E-state index in [1.54, 1.807) is 6.07 Å². The van der Waals surface area contributed by atoms with E-state index in [2.05, 4.69) is 16.0 Å². The molecule has 0 aliphatic carbocycles. The molecule has 0 aromatic carbocycles. The average molecular weight is 251 g/mol. The van der Waals surface area contributed by atoms with E-state index in [1.807, 2.05) is 25.0 Å². The number of aromatic nitrogens is 2. The zero-order chi connectivity index (χ0) is 12.8. The second-order valence-electron chi connectivity index (χ2n) is 3.71. The molecule has 2 N–H and O–H groups in total. The van der Waals surface area contributed by atoms with E-state index >= 15 is 0 Å². The topological polar surface area (TPSA) is 78.8 Å². The van der Waals surface area contributed by atoms with Gasteiger partial charge in [0.25, 0.3) is 0 Å². The fourth-order valence-electron chi connectivity index (χ4n) is 1.44. The third-order valence-electron chi connectivity index (χ3n) is 2.31. The predicted octanol–water partition coefficient (Wildman–Crippen LogP) is 1.77. The quantitative estimate of drug-likeness (QED) is 0.634. The van der Waals surface area contributed by atoms with Crippen LogP contribution in [-0.2, 0) is 0 Å². The maximum atomic E-state index is 8.84. The molecule has 0 radical (unpaired) electrons. The molecule has 1 unspecified atom stereocenters. The molecule has 1 heterocycles. The molecule has 0 amide bonds. The third kappa shape index (κ3) is 3.79. The second kappa shape index (κ2) is 6.30. The Morgan fingerprint density at radius 1 is 1.59 bits per heavy atom. The lowest BCUT2D eigenvalue weighted by molar-refractivity contribution is 0.675. The van der Waals surface area contributed by atoms with Crippen LogP contribution in [0.2, 0.25) is 0 Å². The van der Waals surface area contributed by atoms with E-state index < -0.39 is 0 Å². The number of hydrogen-bond donors (Lipinski definition) is 1. The van der Waals surface area contributed by atoms with Crippen LogP contribution in [0.5, 0.6) is 0 Å². The molecule has 0 aliphatic rings. The summed E-state index contributed by atoms with van der Waals surface area (Å²) in [5, 5.41) is 9.50. The summed E-state index contributed by atoms with van der Waals surface area (Å²) in [7, 11) is 0. The number of nitrogens with two attached hydrogens (primary N) is 1. The summed E-state index contributed by atoms with van der Waals surface area (Å²) in [6.45, 7) is 5.36.